The van der Waals surface area contributed by atoms with E-state index >= 15 is 0 Å². The Balaban J connectivity index is 1.97. The molecule has 1 aliphatic heterocycles. The number of hydrogen-bond acceptors (Lipinski definition) is 4. The van der Waals surface area contributed by atoms with Crippen molar-refractivity contribution in [3.8, 4) is 0 Å². The van der Waals surface area contributed by atoms with Gasteiger partial charge >= 0.3 is 0 Å². The number of anilines is 1. The van der Waals surface area contributed by atoms with Crippen molar-refractivity contribution in [2.24, 2.45) is 15.9 Å². The fourth-order valence-electron chi connectivity index (χ4n) is 3.19. The molecule has 2 aliphatic rings. The van der Waals surface area contributed by atoms with Crippen molar-refractivity contribution in [1.29, 1.82) is 0 Å². The Bertz CT molecular complexity index is 910. The maximum atomic E-state index is 6.05. The third-order valence-electron chi connectivity index (χ3n) is 4.74. The lowest BCUT2D eigenvalue weighted by atomic mass is 10.0. The van der Waals surface area contributed by atoms with Gasteiger partial charge in [-0.15, -0.1) is 0 Å². The van der Waals surface area contributed by atoms with Crippen LogP contribution in [0.25, 0.3) is 0 Å². The first-order chi connectivity index (χ1) is 12.1. The van der Waals surface area contributed by atoms with E-state index in [4.69, 9.17) is 22.4 Å². The number of amidine groups is 1. The minimum atomic E-state index is -0.318. The molecule has 6 heteroatoms. The van der Waals surface area contributed by atoms with Gasteiger partial charge in [-0.05, 0) is 44.0 Å². The molecular weight excluding hydrogens is 334 g/mol. The number of nitrogens with two attached hydrogens (primary N) is 1. The first-order valence-electron chi connectivity index (χ1n) is 8.11. The molecular formula is C19H18ClN5. The average molecular weight is 352 g/mol. The molecule has 1 saturated carbocycles. The minimum Gasteiger partial charge on any atom is -0.322 e. The summed E-state index contributed by atoms with van der Waals surface area (Å²) < 4.78 is 0. The normalized spacial score (nSPS) is 18.6. The summed E-state index contributed by atoms with van der Waals surface area (Å²) in [4.78, 5) is 11.6. The lowest BCUT2D eigenvalue weighted by Crippen LogP contribution is -2.34. The van der Waals surface area contributed by atoms with E-state index in [1.165, 1.54) is 0 Å². The Kier molecular flexibility index (Phi) is 3.62. The van der Waals surface area contributed by atoms with Crippen LogP contribution in [0.3, 0.4) is 0 Å². The topological polar surface area (TPSA) is 66.9 Å². The predicted octanol–water partition coefficient (Wildman–Crippen LogP) is 3.73. The van der Waals surface area contributed by atoms with Crippen LogP contribution in [0, 0.1) is 0 Å². The number of rotatable bonds is 1. The molecule has 2 heterocycles. The first-order valence-corrected chi connectivity index (χ1v) is 8.49. The Hall–Kier alpha value is -2.66. The van der Waals surface area contributed by atoms with Crippen LogP contribution in [0.2, 0.25) is 5.02 Å². The van der Waals surface area contributed by atoms with Crippen LogP contribution in [0.15, 0.2) is 65.0 Å². The zero-order valence-corrected chi connectivity index (χ0v) is 14.7. The van der Waals surface area contributed by atoms with Gasteiger partial charge in [0.2, 0.25) is 0 Å². The van der Waals surface area contributed by atoms with E-state index in [9.17, 15) is 0 Å². The van der Waals surface area contributed by atoms with E-state index in [0.717, 1.165) is 41.2 Å². The molecule has 0 amide bonds. The van der Waals surface area contributed by atoms with Crippen molar-refractivity contribution in [1.82, 2.24) is 4.98 Å². The van der Waals surface area contributed by atoms with Crippen LogP contribution in [0.5, 0.6) is 0 Å². The van der Waals surface area contributed by atoms with Gasteiger partial charge in [0.25, 0.3) is 0 Å². The van der Waals surface area contributed by atoms with Crippen molar-refractivity contribution in [3.05, 3.63) is 71.0 Å². The molecule has 1 fully saturated rings. The molecule has 5 nitrogen and oxygen atoms in total. The number of nitrogens with zero attached hydrogens (tertiary/aromatic N) is 4. The molecule has 1 aromatic heterocycles. The van der Waals surface area contributed by atoms with E-state index in [2.05, 4.69) is 16.7 Å². The van der Waals surface area contributed by atoms with Gasteiger partial charge in [0.15, 0.2) is 0 Å². The monoisotopic (exact) mass is 351 g/mol. The number of hydrazone groups is 1. The van der Waals surface area contributed by atoms with Crippen molar-refractivity contribution >= 4 is 29.0 Å². The number of benzene rings is 1. The zero-order chi connectivity index (χ0) is 17.6. The van der Waals surface area contributed by atoms with Crippen LogP contribution in [0.4, 0.5) is 5.82 Å². The molecule has 2 aromatic rings. The Morgan fingerprint density at radius 3 is 2.64 bits per heavy atom. The molecule has 0 bridgehead atoms. The summed E-state index contributed by atoms with van der Waals surface area (Å²) in [6.07, 6.45) is 3.66. The molecule has 0 unspecified atom stereocenters. The predicted molar refractivity (Wildman–Crippen MR) is 102 cm³/mol. The van der Waals surface area contributed by atoms with Gasteiger partial charge in [0.05, 0.1) is 5.71 Å². The van der Waals surface area contributed by atoms with Crippen molar-refractivity contribution < 1.29 is 0 Å². The smallest absolute Gasteiger partial charge is 0.147 e. The number of aromatic nitrogens is 1. The molecule has 4 rings (SSSR count). The largest absolute Gasteiger partial charge is 0.322 e. The summed E-state index contributed by atoms with van der Waals surface area (Å²) in [6, 6.07) is 11.6. The van der Waals surface area contributed by atoms with E-state index in [-0.39, 0.29) is 5.54 Å². The fraction of sp³-hybridized carbons (Fsp3) is 0.211. The van der Waals surface area contributed by atoms with Crippen molar-refractivity contribution in [2.75, 3.05) is 4.90 Å². The Morgan fingerprint density at radius 1 is 1.28 bits per heavy atom. The second-order valence-electron chi connectivity index (χ2n) is 6.33. The second kappa shape index (κ2) is 5.70. The SMILES string of the molecule is C=C1N(/C(C)=N\N)c2ncccc2C(c2ccc(Cl)cc2)=NC12CC2. The Morgan fingerprint density at radius 2 is 2.00 bits per heavy atom. The number of hydrogen-bond donors (Lipinski definition) is 1. The van der Waals surface area contributed by atoms with Crippen LogP contribution in [-0.4, -0.2) is 22.1 Å². The molecule has 0 saturated heterocycles. The third kappa shape index (κ3) is 2.51. The third-order valence-corrected chi connectivity index (χ3v) is 4.99. The van der Waals surface area contributed by atoms with Gasteiger partial charge in [0, 0.05) is 28.0 Å². The maximum Gasteiger partial charge on any atom is 0.147 e. The molecule has 25 heavy (non-hydrogen) atoms. The molecule has 2 N–H and O–H groups in total. The number of fused-ring (bicyclic) bond motifs is 1. The van der Waals surface area contributed by atoms with Crippen LogP contribution in [-0.2, 0) is 0 Å². The van der Waals surface area contributed by atoms with Gasteiger partial charge < -0.3 is 5.84 Å². The minimum absolute atomic E-state index is 0.318. The zero-order valence-electron chi connectivity index (χ0n) is 13.9. The van der Waals surface area contributed by atoms with Gasteiger partial charge in [-0.25, -0.2) is 4.98 Å². The summed E-state index contributed by atoms with van der Waals surface area (Å²) in [5.74, 6) is 6.96. The van der Waals surface area contributed by atoms with Crippen molar-refractivity contribution in [3.63, 3.8) is 0 Å². The summed E-state index contributed by atoms with van der Waals surface area (Å²) in [7, 11) is 0. The second-order valence-corrected chi connectivity index (χ2v) is 6.77. The van der Waals surface area contributed by atoms with Gasteiger partial charge in [0.1, 0.15) is 17.2 Å². The highest BCUT2D eigenvalue weighted by Crippen LogP contribution is 2.50. The quantitative estimate of drug-likeness (QED) is 0.368. The number of aliphatic imine (C=N–C) groups is 1. The lowest BCUT2D eigenvalue weighted by Gasteiger charge is -2.27. The lowest BCUT2D eigenvalue weighted by molar-refractivity contribution is 0.783. The van der Waals surface area contributed by atoms with E-state index in [0.29, 0.717) is 10.9 Å². The molecule has 1 spiro atoms. The van der Waals surface area contributed by atoms with Crippen LogP contribution in [0.1, 0.15) is 30.9 Å². The Labute approximate surface area is 151 Å². The molecule has 0 radical (unpaired) electrons. The van der Waals surface area contributed by atoms with Crippen LogP contribution < -0.4 is 10.7 Å². The number of halogens is 1. The maximum absolute atomic E-state index is 6.05. The van der Waals surface area contributed by atoms with E-state index in [1.807, 2.05) is 48.2 Å². The van der Waals surface area contributed by atoms with Crippen molar-refractivity contribution in [2.45, 2.75) is 25.3 Å². The van der Waals surface area contributed by atoms with Crippen LogP contribution >= 0.6 is 11.6 Å². The summed E-state index contributed by atoms with van der Waals surface area (Å²) in [5, 5.41) is 4.58. The van der Waals surface area contributed by atoms with Gasteiger partial charge in [-0.3, -0.25) is 9.89 Å². The summed E-state index contributed by atoms with van der Waals surface area (Å²) >= 11 is 6.05. The summed E-state index contributed by atoms with van der Waals surface area (Å²) in [5.41, 5.74) is 3.37. The molecule has 0 atom stereocenters. The standard InChI is InChI=1S/C19H18ClN5/c1-12-19(9-10-19)23-17(14-5-7-15(20)8-6-14)16-4-3-11-22-18(16)25(12)13(2)24-21/h3-8,11H,1,9-10,21H2,2H3/b24-13-. The highest BCUT2D eigenvalue weighted by molar-refractivity contribution is 6.30. The number of pyridine rings is 1. The van der Waals surface area contributed by atoms with Gasteiger partial charge in [-0.1, -0.05) is 30.3 Å². The summed E-state index contributed by atoms with van der Waals surface area (Å²) in [6.45, 7) is 6.16. The van der Waals surface area contributed by atoms with E-state index in [1.54, 1.807) is 6.20 Å². The van der Waals surface area contributed by atoms with Gasteiger partial charge in [-0.2, -0.15) is 5.10 Å². The highest BCUT2D eigenvalue weighted by Gasteiger charge is 2.50. The highest BCUT2D eigenvalue weighted by atomic mass is 35.5. The average Bonchev–Trinajstić information content (AvgIpc) is 3.43. The fourth-order valence-corrected chi connectivity index (χ4v) is 3.31. The molecule has 1 aromatic carbocycles. The molecule has 126 valence electrons. The van der Waals surface area contributed by atoms with E-state index < -0.39 is 0 Å². The first kappa shape index (κ1) is 15.8. The molecule has 1 aliphatic carbocycles.